The molecule has 0 amide bonds. The molecule has 0 aliphatic rings. The van der Waals surface area contributed by atoms with Crippen LogP contribution in [-0.4, -0.2) is 132 Å². The van der Waals surface area contributed by atoms with Crippen LogP contribution >= 0.6 is 90.4 Å². The number of nitrogens with one attached hydrogen (secondary N) is 2. The van der Waals surface area contributed by atoms with Gasteiger partial charge in [-0.2, -0.15) is 0 Å². The lowest BCUT2D eigenvalue weighted by molar-refractivity contribution is -0.136. The number of aliphatic carboxylic acids is 1. The Morgan fingerprint density at radius 2 is 1.19 bits per heavy atom. The van der Waals surface area contributed by atoms with Crippen LogP contribution in [0.3, 0.4) is 0 Å². The summed E-state index contributed by atoms with van der Waals surface area (Å²) in [6.07, 6.45) is 1.80. The lowest BCUT2D eigenvalue weighted by Gasteiger charge is -2.15. The van der Waals surface area contributed by atoms with Crippen molar-refractivity contribution in [2.45, 2.75) is 26.1 Å². The number of benzene rings is 3. The summed E-state index contributed by atoms with van der Waals surface area (Å²) in [7, 11) is 3.56. The monoisotopic (exact) mass is 1310 g/mol. The number of halogens is 4. The zero-order valence-corrected chi connectivity index (χ0v) is 43.2. The van der Waals surface area contributed by atoms with Crippen molar-refractivity contribution in [3.63, 3.8) is 0 Å². The molecule has 0 atom stereocenters. The summed E-state index contributed by atoms with van der Waals surface area (Å²) in [6.45, 7) is 7.65. The van der Waals surface area contributed by atoms with Crippen molar-refractivity contribution in [1.82, 2.24) is 25.6 Å². The Labute approximate surface area is 416 Å². The van der Waals surface area contributed by atoms with Crippen molar-refractivity contribution < 1.29 is 52.5 Å². The molecule has 0 bridgehead atoms. The van der Waals surface area contributed by atoms with Crippen molar-refractivity contribution in [3.05, 3.63) is 85.8 Å². The number of guanidine groups is 1. The minimum absolute atomic E-state index is 0.0386. The Morgan fingerprint density at radius 3 is 1.71 bits per heavy atom. The van der Waals surface area contributed by atoms with Gasteiger partial charge in [0, 0.05) is 20.6 Å². The molecule has 340 valence electrons. The molecule has 0 unspecified atom stereocenters. The Balaban J connectivity index is 0.925. The fourth-order valence-corrected chi connectivity index (χ4v) is 9.38. The van der Waals surface area contributed by atoms with Gasteiger partial charge in [0.1, 0.15) is 36.2 Å². The lowest BCUT2D eigenvalue weighted by Crippen LogP contribution is -2.34. The minimum atomic E-state index is -0.872. The molecule has 0 fully saturated rings. The van der Waals surface area contributed by atoms with Gasteiger partial charge in [0.15, 0.2) is 11.7 Å². The van der Waals surface area contributed by atoms with Crippen LogP contribution in [0.15, 0.2) is 59.7 Å². The van der Waals surface area contributed by atoms with Crippen LogP contribution in [0.25, 0.3) is 0 Å². The highest BCUT2D eigenvalue weighted by molar-refractivity contribution is 14.1. The van der Waals surface area contributed by atoms with E-state index < -0.39 is 5.97 Å². The molecule has 4 aromatic rings. The molecule has 3 N–H and O–H groups in total. The van der Waals surface area contributed by atoms with E-state index in [4.69, 9.17) is 47.7 Å². The van der Waals surface area contributed by atoms with Crippen LogP contribution in [0, 0.1) is 14.3 Å². The fourth-order valence-electron chi connectivity index (χ4n) is 5.24. The number of carbonyl (C=O) groups is 1. The Bertz CT molecular complexity index is 1910. The van der Waals surface area contributed by atoms with E-state index in [9.17, 15) is 4.79 Å². The molecule has 0 saturated heterocycles. The number of hydrogen-bond acceptors (Lipinski definition) is 13. The SMILES string of the molecule is CN=C(NC)NCc1ccc(OCCOCCOCCOCCOCCOCCOCCn2cc(COc3c(I)cc(Oc4c(I)cc(CC(=O)O)cc4I)cc3I)nn2)cc1. The second-order valence-electron chi connectivity index (χ2n) is 12.9. The van der Waals surface area contributed by atoms with Crippen LogP contribution in [0.2, 0.25) is 0 Å². The molecule has 62 heavy (non-hydrogen) atoms. The Hall–Kier alpha value is -2.38. The highest BCUT2D eigenvalue weighted by atomic mass is 127. The largest absolute Gasteiger partial charge is 0.491 e. The summed E-state index contributed by atoms with van der Waals surface area (Å²) in [6, 6.07) is 15.4. The van der Waals surface area contributed by atoms with Crippen LogP contribution in [0.4, 0.5) is 0 Å². The number of nitrogens with zero attached hydrogens (tertiary/aromatic N) is 4. The minimum Gasteiger partial charge on any atom is -0.491 e. The molecule has 0 spiro atoms. The van der Waals surface area contributed by atoms with Gasteiger partial charge in [-0.3, -0.25) is 9.79 Å². The Kier molecular flexibility index (Phi) is 25.9. The smallest absolute Gasteiger partial charge is 0.307 e. The first-order valence-corrected chi connectivity index (χ1v) is 23.9. The highest BCUT2D eigenvalue weighted by Gasteiger charge is 2.16. The summed E-state index contributed by atoms with van der Waals surface area (Å²) < 4.78 is 56.7. The highest BCUT2D eigenvalue weighted by Crippen LogP contribution is 2.37. The topological polar surface area (TPSA) is 188 Å². The Morgan fingerprint density at radius 1 is 0.677 bits per heavy atom. The number of aromatic nitrogens is 3. The van der Waals surface area contributed by atoms with Gasteiger partial charge in [0.25, 0.3) is 0 Å². The van der Waals surface area contributed by atoms with E-state index in [2.05, 4.69) is 116 Å². The molecule has 4 rings (SSSR count). The van der Waals surface area contributed by atoms with E-state index in [1.807, 2.05) is 61.8 Å². The maximum Gasteiger partial charge on any atom is 0.307 e. The van der Waals surface area contributed by atoms with E-state index in [0.29, 0.717) is 116 Å². The third kappa shape index (κ3) is 20.6. The second-order valence-corrected chi connectivity index (χ2v) is 17.5. The standard InChI is InChI=1S/C41H52I4N6O11/c1-46-41(47-2)48-26-29-3-5-32(6-4-29)60-20-19-59-18-17-58-16-15-57-14-13-56-12-11-55-10-9-54-8-7-51-27-31(49-50-51)28-61-39-36(44)24-33(25-37(39)45)62-40-34(42)21-30(22-35(40)43)23-38(52)53/h3-6,21-22,24-25,27H,7-20,23,26,28H2,1-2H3,(H,52,53)(H2,46,47,48). The molecule has 17 nitrogen and oxygen atoms in total. The molecule has 21 heteroatoms. The molecule has 1 heterocycles. The third-order valence-electron chi connectivity index (χ3n) is 8.22. The van der Waals surface area contributed by atoms with Crippen molar-refractivity contribution in [1.29, 1.82) is 0 Å². The zero-order chi connectivity index (χ0) is 44.4. The van der Waals surface area contributed by atoms with Crippen molar-refractivity contribution >= 4 is 102 Å². The summed E-state index contributed by atoms with van der Waals surface area (Å²) in [5.41, 5.74) is 2.55. The predicted octanol–water partition coefficient (Wildman–Crippen LogP) is 6.17. The first-order chi connectivity index (χ1) is 30.1. The quantitative estimate of drug-likeness (QED) is 0.0225. The zero-order valence-electron chi connectivity index (χ0n) is 34.5. The third-order valence-corrected chi connectivity index (χ3v) is 11.4. The number of carboxylic acid groups (broad SMARTS) is 1. The van der Waals surface area contributed by atoms with Crippen LogP contribution in [-0.2, 0) is 59.3 Å². The molecule has 0 saturated carbocycles. The van der Waals surface area contributed by atoms with Crippen molar-refractivity contribution in [2.75, 3.05) is 100.0 Å². The maximum absolute atomic E-state index is 11.1. The van der Waals surface area contributed by atoms with Crippen LogP contribution in [0.5, 0.6) is 23.0 Å². The van der Waals surface area contributed by atoms with Gasteiger partial charge in [0.2, 0.25) is 0 Å². The number of rotatable bonds is 31. The summed E-state index contributed by atoms with van der Waals surface area (Å²) in [5, 5.41) is 23.7. The fraction of sp³-hybridized carbons (Fsp3) is 0.463. The van der Waals surface area contributed by atoms with Gasteiger partial charge in [-0.05, 0) is 138 Å². The number of carboxylic acids is 1. The number of hydrogen-bond donors (Lipinski definition) is 3. The van der Waals surface area contributed by atoms with Gasteiger partial charge >= 0.3 is 5.97 Å². The second kappa shape index (κ2) is 30.7. The maximum atomic E-state index is 11.1. The number of aliphatic imine (C=N–C) groups is 1. The van der Waals surface area contributed by atoms with E-state index in [1.54, 1.807) is 11.7 Å². The normalized spacial score (nSPS) is 11.5. The van der Waals surface area contributed by atoms with E-state index >= 15 is 0 Å². The predicted molar refractivity (Wildman–Crippen MR) is 266 cm³/mol. The van der Waals surface area contributed by atoms with Crippen molar-refractivity contribution in [3.8, 4) is 23.0 Å². The summed E-state index contributed by atoms with van der Waals surface area (Å²) in [5.74, 6) is 2.74. The molecular formula is C41H52I4N6O11. The molecular weight excluding hydrogens is 1260 g/mol. The van der Waals surface area contributed by atoms with Gasteiger partial charge in [-0.1, -0.05) is 17.3 Å². The first-order valence-electron chi connectivity index (χ1n) is 19.6. The summed E-state index contributed by atoms with van der Waals surface area (Å²) >= 11 is 8.78. The van der Waals surface area contributed by atoms with Crippen LogP contribution in [0.1, 0.15) is 16.8 Å². The van der Waals surface area contributed by atoms with Crippen molar-refractivity contribution in [2.24, 2.45) is 4.99 Å². The van der Waals surface area contributed by atoms with E-state index in [0.717, 1.165) is 42.9 Å². The number of ether oxygens (including phenoxy) is 9. The molecule has 0 aliphatic heterocycles. The lowest BCUT2D eigenvalue weighted by atomic mass is 10.1. The molecule has 3 aromatic carbocycles. The molecule has 0 radical (unpaired) electrons. The van der Waals surface area contributed by atoms with E-state index in [1.165, 1.54) is 0 Å². The van der Waals surface area contributed by atoms with Gasteiger partial charge in [-0.15, -0.1) is 5.10 Å². The average Bonchev–Trinajstić information content (AvgIpc) is 3.70. The van der Waals surface area contributed by atoms with E-state index in [-0.39, 0.29) is 13.0 Å². The van der Waals surface area contributed by atoms with Crippen LogP contribution < -0.4 is 24.8 Å². The first kappa shape index (κ1) is 52.2. The molecule has 0 aliphatic carbocycles. The summed E-state index contributed by atoms with van der Waals surface area (Å²) in [4.78, 5) is 15.2. The van der Waals surface area contributed by atoms with Gasteiger partial charge < -0.3 is 58.4 Å². The van der Waals surface area contributed by atoms with Gasteiger partial charge in [0.05, 0.1) is 113 Å². The average molecular weight is 1310 g/mol. The molecule has 1 aromatic heterocycles. The van der Waals surface area contributed by atoms with Gasteiger partial charge in [-0.25, -0.2) is 4.68 Å².